The van der Waals surface area contributed by atoms with Gasteiger partial charge in [-0.1, -0.05) is 6.92 Å². The fourth-order valence-corrected chi connectivity index (χ4v) is 1.78. The molecule has 5 heteroatoms. The maximum atomic E-state index is 11.6. The van der Waals surface area contributed by atoms with Crippen molar-refractivity contribution in [2.24, 2.45) is 11.8 Å². The molecule has 96 valence electrons. The molecule has 1 saturated carbocycles. The van der Waals surface area contributed by atoms with Crippen molar-refractivity contribution in [2.75, 3.05) is 11.9 Å². The summed E-state index contributed by atoms with van der Waals surface area (Å²) >= 11 is 0. The van der Waals surface area contributed by atoms with Crippen molar-refractivity contribution in [3.05, 3.63) is 24.5 Å². The first-order chi connectivity index (χ1) is 8.66. The Kier molecular flexibility index (Phi) is 3.92. The van der Waals surface area contributed by atoms with E-state index in [1.807, 2.05) is 0 Å². The summed E-state index contributed by atoms with van der Waals surface area (Å²) in [6.07, 6.45) is 4.48. The third-order valence-electron chi connectivity index (χ3n) is 3.04. The molecule has 0 bridgehead atoms. The third-order valence-corrected chi connectivity index (χ3v) is 3.04. The van der Waals surface area contributed by atoms with Gasteiger partial charge in [-0.3, -0.25) is 14.6 Å². The van der Waals surface area contributed by atoms with E-state index >= 15 is 0 Å². The van der Waals surface area contributed by atoms with Gasteiger partial charge in [0.1, 0.15) is 0 Å². The Morgan fingerprint density at radius 2 is 2.28 bits per heavy atom. The number of rotatable bonds is 5. The molecule has 2 atom stereocenters. The van der Waals surface area contributed by atoms with E-state index in [4.69, 9.17) is 0 Å². The van der Waals surface area contributed by atoms with Crippen LogP contribution in [-0.2, 0) is 9.59 Å². The van der Waals surface area contributed by atoms with Crippen molar-refractivity contribution in [1.29, 1.82) is 0 Å². The van der Waals surface area contributed by atoms with E-state index in [1.165, 1.54) is 0 Å². The van der Waals surface area contributed by atoms with Crippen LogP contribution in [0.25, 0.3) is 0 Å². The highest BCUT2D eigenvalue weighted by atomic mass is 16.2. The Bertz CT molecular complexity index is 433. The monoisotopic (exact) mass is 247 g/mol. The van der Waals surface area contributed by atoms with Crippen LogP contribution < -0.4 is 10.6 Å². The van der Waals surface area contributed by atoms with E-state index in [-0.39, 0.29) is 24.2 Å². The lowest BCUT2D eigenvalue weighted by Crippen LogP contribution is -2.29. The number of pyridine rings is 1. The van der Waals surface area contributed by atoms with E-state index in [9.17, 15) is 9.59 Å². The van der Waals surface area contributed by atoms with Gasteiger partial charge < -0.3 is 10.6 Å². The zero-order valence-electron chi connectivity index (χ0n) is 10.3. The van der Waals surface area contributed by atoms with Crippen LogP contribution in [0.2, 0.25) is 0 Å². The highest BCUT2D eigenvalue weighted by Crippen LogP contribution is 2.37. The van der Waals surface area contributed by atoms with Gasteiger partial charge in [0, 0.05) is 25.1 Å². The lowest BCUT2D eigenvalue weighted by Gasteiger charge is -2.06. The lowest BCUT2D eigenvalue weighted by molar-refractivity contribution is -0.122. The molecule has 2 N–H and O–H groups in total. The van der Waals surface area contributed by atoms with Gasteiger partial charge in [0.15, 0.2) is 0 Å². The van der Waals surface area contributed by atoms with Crippen molar-refractivity contribution in [2.45, 2.75) is 19.8 Å². The molecule has 2 unspecified atom stereocenters. The number of anilines is 1. The van der Waals surface area contributed by atoms with E-state index in [0.29, 0.717) is 18.2 Å². The minimum absolute atomic E-state index is 0.0664. The summed E-state index contributed by atoms with van der Waals surface area (Å²) in [4.78, 5) is 27.0. The molecule has 0 aromatic carbocycles. The predicted octanol–water partition coefficient (Wildman–Crippen LogP) is 1.18. The smallest absolute Gasteiger partial charge is 0.226 e. The Morgan fingerprint density at radius 1 is 1.50 bits per heavy atom. The van der Waals surface area contributed by atoms with Gasteiger partial charge in [0.2, 0.25) is 11.8 Å². The summed E-state index contributed by atoms with van der Waals surface area (Å²) in [6.45, 7) is 2.44. The van der Waals surface area contributed by atoms with Crippen molar-refractivity contribution in [3.8, 4) is 0 Å². The highest BCUT2D eigenvalue weighted by molar-refractivity contribution is 5.91. The molecule has 0 spiro atoms. The summed E-state index contributed by atoms with van der Waals surface area (Å²) in [6, 6.07) is 3.53. The molecule has 1 heterocycles. The van der Waals surface area contributed by atoms with Gasteiger partial charge in [-0.2, -0.15) is 0 Å². The molecule has 2 amide bonds. The maximum absolute atomic E-state index is 11.6. The Morgan fingerprint density at radius 3 is 2.89 bits per heavy atom. The zero-order valence-corrected chi connectivity index (χ0v) is 10.3. The fraction of sp³-hybridized carbons (Fsp3) is 0.462. The van der Waals surface area contributed by atoms with E-state index in [0.717, 1.165) is 6.42 Å². The van der Waals surface area contributed by atoms with Crippen molar-refractivity contribution in [3.63, 3.8) is 0 Å². The highest BCUT2D eigenvalue weighted by Gasteiger charge is 2.38. The first-order valence-electron chi connectivity index (χ1n) is 6.14. The zero-order chi connectivity index (χ0) is 13.0. The average molecular weight is 247 g/mol. The van der Waals surface area contributed by atoms with E-state index in [1.54, 1.807) is 24.5 Å². The Labute approximate surface area is 106 Å². The summed E-state index contributed by atoms with van der Waals surface area (Å²) in [7, 11) is 0. The number of nitrogens with one attached hydrogen (secondary N) is 2. The molecule has 1 aromatic heterocycles. The summed E-state index contributed by atoms with van der Waals surface area (Å²) in [5.74, 6) is 0.601. The normalized spacial score (nSPS) is 21.2. The quantitative estimate of drug-likeness (QED) is 0.820. The van der Waals surface area contributed by atoms with Crippen LogP contribution in [0.4, 0.5) is 5.69 Å². The average Bonchev–Trinajstić information content (AvgIpc) is 3.07. The van der Waals surface area contributed by atoms with Gasteiger partial charge in [0.25, 0.3) is 0 Å². The standard InChI is InChI=1S/C13H17N3O2/c1-9-7-11(9)13(18)15-6-4-12(17)16-10-3-2-5-14-8-10/h2-3,5,8-9,11H,4,6-7H2,1H3,(H,15,18)(H,16,17). The van der Waals surface area contributed by atoms with Crippen molar-refractivity contribution < 1.29 is 9.59 Å². The number of hydrogen-bond acceptors (Lipinski definition) is 3. The molecular formula is C13H17N3O2. The van der Waals surface area contributed by atoms with Crippen LogP contribution in [0.1, 0.15) is 19.8 Å². The van der Waals surface area contributed by atoms with Gasteiger partial charge in [-0.25, -0.2) is 0 Å². The van der Waals surface area contributed by atoms with Crippen LogP contribution in [0.15, 0.2) is 24.5 Å². The summed E-state index contributed by atoms with van der Waals surface area (Å²) < 4.78 is 0. The summed E-state index contributed by atoms with van der Waals surface area (Å²) in [5, 5.41) is 5.49. The third kappa shape index (κ3) is 3.55. The Hall–Kier alpha value is -1.91. The Balaban J connectivity index is 1.65. The predicted molar refractivity (Wildman–Crippen MR) is 67.8 cm³/mol. The molecule has 2 rings (SSSR count). The van der Waals surface area contributed by atoms with E-state index in [2.05, 4.69) is 22.5 Å². The second kappa shape index (κ2) is 5.62. The number of carbonyl (C=O) groups excluding carboxylic acids is 2. The van der Waals surface area contributed by atoms with Crippen LogP contribution in [0, 0.1) is 11.8 Å². The maximum Gasteiger partial charge on any atom is 0.226 e. The first-order valence-corrected chi connectivity index (χ1v) is 6.14. The fourth-order valence-electron chi connectivity index (χ4n) is 1.78. The molecule has 0 saturated heterocycles. The topological polar surface area (TPSA) is 71.1 Å². The van der Waals surface area contributed by atoms with Gasteiger partial charge >= 0.3 is 0 Å². The molecule has 1 aromatic rings. The van der Waals surface area contributed by atoms with Gasteiger partial charge in [-0.15, -0.1) is 0 Å². The molecule has 1 fully saturated rings. The van der Waals surface area contributed by atoms with Crippen LogP contribution >= 0.6 is 0 Å². The minimum atomic E-state index is -0.118. The lowest BCUT2D eigenvalue weighted by atomic mass is 10.3. The van der Waals surface area contributed by atoms with Crippen molar-refractivity contribution in [1.82, 2.24) is 10.3 Å². The molecule has 18 heavy (non-hydrogen) atoms. The van der Waals surface area contributed by atoms with E-state index < -0.39 is 0 Å². The SMILES string of the molecule is CC1CC1C(=O)NCCC(=O)Nc1cccnc1. The second-order valence-electron chi connectivity index (χ2n) is 4.65. The van der Waals surface area contributed by atoms with Crippen molar-refractivity contribution >= 4 is 17.5 Å². The largest absolute Gasteiger partial charge is 0.355 e. The van der Waals surface area contributed by atoms with Gasteiger partial charge in [0.05, 0.1) is 11.9 Å². The molecular weight excluding hydrogens is 230 g/mol. The second-order valence-corrected chi connectivity index (χ2v) is 4.65. The minimum Gasteiger partial charge on any atom is -0.355 e. The molecule has 0 radical (unpaired) electrons. The number of hydrogen-bond donors (Lipinski definition) is 2. The number of carbonyl (C=O) groups is 2. The molecule has 5 nitrogen and oxygen atoms in total. The number of aromatic nitrogens is 1. The van der Waals surface area contributed by atoms with Crippen LogP contribution in [0.3, 0.4) is 0 Å². The van der Waals surface area contributed by atoms with Crippen LogP contribution in [0.5, 0.6) is 0 Å². The van der Waals surface area contributed by atoms with Crippen LogP contribution in [-0.4, -0.2) is 23.3 Å². The summed E-state index contributed by atoms with van der Waals surface area (Å²) in [5.41, 5.74) is 0.671. The van der Waals surface area contributed by atoms with Gasteiger partial charge in [-0.05, 0) is 24.5 Å². The molecule has 0 aliphatic heterocycles. The number of nitrogens with zero attached hydrogens (tertiary/aromatic N) is 1. The first kappa shape index (κ1) is 12.5. The molecule has 1 aliphatic rings. The molecule has 1 aliphatic carbocycles. The number of amides is 2.